The molecule has 1 aromatic heterocycles. The molecule has 17 heavy (non-hydrogen) atoms. The second-order valence-electron chi connectivity index (χ2n) is 3.25. The molecular formula is C9H13NO5S2. The van der Waals surface area contributed by atoms with Crippen LogP contribution in [-0.4, -0.2) is 44.5 Å². The predicted octanol–water partition coefficient (Wildman–Crippen LogP) is 0.852. The van der Waals surface area contributed by atoms with Crippen molar-refractivity contribution < 1.29 is 23.1 Å². The highest BCUT2D eigenvalue weighted by Crippen LogP contribution is 2.31. The summed E-state index contributed by atoms with van der Waals surface area (Å²) >= 11 is 1.04. The summed E-state index contributed by atoms with van der Waals surface area (Å²) in [4.78, 5) is 10.4. The van der Waals surface area contributed by atoms with Gasteiger partial charge in [0.25, 0.3) is 10.0 Å². The maximum absolute atomic E-state index is 12.0. The molecule has 0 aliphatic rings. The van der Waals surface area contributed by atoms with Crippen molar-refractivity contribution in [3.8, 4) is 5.75 Å². The molecule has 0 unspecified atom stereocenters. The third kappa shape index (κ3) is 3.18. The normalized spacial score (nSPS) is 11.7. The van der Waals surface area contributed by atoms with Gasteiger partial charge >= 0.3 is 5.97 Å². The molecule has 1 N–H and O–H groups in total. The van der Waals surface area contributed by atoms with Gasteiger partial charge in [-0.2, -0.15) is 4.31 Å². The Morgan fingerprint density at radius 2 is 2.24 bits per heavy atom. The predicted molar refractivity (Wildman–Crippen MR) is 62.9 cm³/mol. The summed E-state index contributed by atoms with van der Waals surface area (Å²) in [6.45, 7) is -0.0707. The Kier molecular flexibility index (Phi) is 4.49. The number of carboxylic acid groups (broad SMARTS) is 1. The van der Waals surface area contributed by atoms with Crippen molar-refractivity contribution in [3.63, 3.8) is 0 Å². The fraction of sp³-hybridized carbons (Fsp3) is 0.444. The van der Waals surface area contributed by atoms with Crippen LogP contribution in [0.5, 0.6) is 5.75 Å². The number of sulfonamides is 1. The van der Waals surface area contributed by atoms with Gasteiger partial charge in [0.1, 0.15) is 5.75 Å². The van der Waals surface area contributed by atoms with Crippen LogP contribution in [0.3, 0.4) is 0 Å². The zero-order chi connectivity index (χ0) is 13.1. The van der Waals surface area contributed by atoms with Gasteiger partial charge in [-0.3, -0.25) is 4.79 Å². The SMILES string of the molecule is COc1ccsc1S(=O)(=O)N(C)CCC(=O)O. The van der Waals surface area contributed by atoms with Gasteiger partial charge in [-0.25, -0.2) is 8.42 Å². The second-order valence-corrected chi connectivity index (χ2v) is 6.40. The molecule has 0 radical (unpaired) electrons. The molecule has 0 aromatic carbocycles. The fourth-order valence-corrected chi connectivity index (χ4v) is 3.78. The lowest BCUT2D eigenvalue weighted by Gasteiger charge is -2.15. The van der Waals surface area contributed by atoms with E-state index >= 15 is 0 Å². The van der Waals surface area contributed by atoms with Crippen LogP contribution in [-0.2, 0) is 14.8 Å². The first-order chi connectivity index (χ1) is 7.89. The number of carbonyl (C=O) groups is 1. The smallest absolute Gasteiger partial charge is 0.304 e. The van der Waals surface area contributed by atoms with E-state index in [1.807, 2.05) is 0 Å². The summed E-state index contributed by atoms with van der Waals surface area (Å²) < 4.78 is 30.1. The van der Waals surface area contributed by atoms with Crippen molar-refractivity contribution in [1.29, 1.82) is 0 Å². The number of rotatable bonds is 6. The number of hydrogen-bond donors (Lipinski definition) is 1. The monoisotopic (exact) mass is 279 g/mol. The lowest BCUT2D eigenvalue weighted by Crippen LogP contribution is -2.28. The fourth-order valence-electron chi connectivity index (χ4n) is 1.14. The van der Waals surface area contributed by atoms with E-state index in [0.717, 1.165) is 15.6 Å². The molecule has 0 saturated carbocycles. The quantitative estimate of drug-likeness (QED) is 0.834. The lowest BCUT2D eigenvalue weighted by molar-refractivity contribution is -0.137. The Labute approximate surface area is 103 Å². The first-order valence-electron chi connectivity index (χ1n) is 4.69. The van der Waals surface area contributed by atoms with E-state index in [2.05, 4.69) is 0 Å². The summed E-state index contributed by atoms with van der Waals surface area (Å²) in [6, 6.07) is 1.56. The van der Waals surface area contributed by atoms with Crippen molar-refractivity contribution >= 4 is 27.3 Å². The molecule has 96 valence electrons. The van der Waals surface area contributed by atoms with Gasteiger partial charge in [-0.05, 0) is 11.4 Å². The van der Waals surface area contributed by atoms with Crippen LogP contribution in [0.4, 0.5) is 0 Å². The van der Waals surface area contributed by atoms with Gasteiger partial charge in [0, 0.05) is 13.6 Å². The van der Waals surface area contributed by atoms with Crippen LogP contribution in [0, 0.1) is 0 Å². The summed E-state index contributed by atoms with van der Waals surface area (Å²) in [5, 5.41) is 10.1. The Morgan fingerprint density at radius 3 is 2.76 bits per heavy atom. The van der Waals surface area contributed by atoms with Gasteiger partial charge in [0.15, 0.2) is 4.21 Å². The van der Waals surface area contributed by atoms with Crippen molar-refractivity contribution in [2.75, 3.05) is 20.7 Å². The molecular weight excluding hydrogens is 266 g/mol. The number of carboxylic acids is 1. The second kappa shape index (κ2) is 5.48. The molecule has 0 saturated heterocycles. The van der Waals surface area contributed by atoms with Crippen molar-refractivity contribution in [3.05, 3.63) is 11.4 Å². The molecule has 0 fully saturated rings. The summed E-state index contributed by atoms with van der Waals surface area (Å²) in [5.74, 6) is -0.762. The van der Waals surface area contributed by atoms with E-state index in [0.29, 0.717) is 0 Å². The van der Waals surface area contributed by atoms with Crippen LogP contribution < -0.4 is 4.74 Å². The molecule has 1 heterocycles. The number of methoxy groups -OCH3 is 1. The van der Waals surface area contributed by atoms with E-state index in [-0.39, 0.29) is 22.9 Å². The Hall–Kier alpha value is -1.12. The summed E-state index contributed by atoms with van der Waals surface area (Å²) in [5.41, 5.74) is 0. The number of ether oxygens (including phenoxy) is 1. The minimum atomic E-state index is -3.67. The zero-order valence-corrected chi connectivity index (χ0v) is 11.0. The van der Waals surface area contributed by atoms with E-state index in [4.69, 9.17) is 9.84 Å². The van der Waals surface area contributed by atoms with Crippen LogP contribution >= 0.6 is 11.3 Å². The number of hydrogen-bond acceptors (Lipinski definition) is 5. The van der Waals surface area contributed by atoms with Crippen LogP contribution in [0.1, 0.15) is 6.42 Å². The third-order valence-corrected chi connectivity index (χ3v) is 5.38. The third-order valence-electron chi connectivity index (χ3n) is 2.10. The molecule has 0 amide bonds. The van der Waals surface area contributed by atoms with Crippen molar-refractivity contribution in [2.24, 2.45) is 0 Å². The number of nitrogens with zero attached hydrogens (tertiary/aromatic N) is 1. The molecule has 6 nitrogen and oxygen atoms in total. The molecule has 1 aromatic rings. The molecule has 0 aliphatic carbocycles. The Morgan fingerprint density at radius 1 is 1.59 bits per heavy atom. The molecule has 0 atom stereocenters. The van der Waals surface area contributed by atoms with E-state index in [9.17, 15) is 13.2 Å². The minimum Gasteiger partial charge on any atom is -0.494 e. The van der Waals surface area contributed by atoms with E-state index in [1.165, 1.54) is 14.2 Å². The highest BCUT2D eigenvalue weighted by molar-refractivity contribution is 7.91. The van der Waals surface area contributed by atoms with Crippen LogP contribution in [0.25, 0.3) is 0 Å². The van der Waals surface area contributed by atoms with E-state index in [1.54, 1.807) is 11.4 Å². The van der Waals surface area contributed by atoms with Gasteiger partial charge < -0.3 is 9.84 Å². The number of thiophene rings is 1. The van der Waals surface area contributed by atoms with Crippen molar-refractivity contribution in [1.82, 2.24) is 4.31 Å². The first-order valence-corrected chi connectivity index (χ1v) is 7.01. The molecule has 0 spiro atoms. The van der Waals surface area contributed by atoms with Crippen LogP contribution in [0.15, 0.2) is 15.7 Å². The van der Waals surface area contributed by atoms with Gasteiger partial charge in [-0.15, -0.1) is 11.3 Å². The highest BCUT2D eigenvalue weighted by atomic mass is 32.2. The molecule has 0 aliphatic heterocycles. The van der Waals surface area contributed by atoms with E-state index < -0.39 is 16.0 Å². The zero-order valence-electron chi connectivity index (χ0n) is 9.41. The maximum Gasteiger partial charge on any atom is 0.304 e. The standard InChI is InChI=1S/C9H13NO5S2/c1-10(5-3-8(11)12)17(13,14)9-7(15-2)4-6-16-9/h4,6H,3,5H2,1-2H3,(H,11,12). The average Bonchev–Trinajstić information content (AvgIpc) is 2.74. The summed E-state index contributed by atoms with van der Waals surface area (Å²) in [6.07, 6.45) is -0.233. The maximum atomic E-state index is 12.0. The molecule has 8 heteroatoms. The van der Waals surface area contributed by atoms with Crippen molar-refractivity contribution in [2.45, 2.75) is 10.6 Å². The van der Waals surface area contributed by atoms with Crippen LogP contribution in [0.2, 0.25) is 0 Å². The largest absolute Gasteiger partial charge is 0.494 e. The molecule has 1 rings (SSSR count). The molecule has 0 bridgehead atoms. The first kappa shape index (κ1) is 13.9. The van der Waals surface area contributed by atoms with Gasteiger partial charge in [0.2, 0.25) is 0 Å². The Bertz CT molecular complexity index is 493. The highest BCUT2D eigenvalue weighted by Gasteiger charge is 2.26. The van der Waals surface area contributed by atoms with Gasteiger partial charge in [-0.1, -0.05) is 0 Å². The topological polar surface area (TPSA) is 83.9 Å². The summed E-state index contributed by atoms with van der Waals surface area (Å²) in [7, 11) is -0.939. The minimum absolute atomic E-state index is 0.0707. The average molecular weight is 279 g/mol. The van der Waals surface area contributed by atoms with Gasteiger partial charge in [0.05, 0.1) is 13.5 Å². The Balaban J connectivity index is 2.91. The lowest BCUT2D eigenvalue weighted by atomic mass is 10.4. The number of aliphatic carboxylic acids is 1.